The summed E-state index contributed by atoms with van der Waals surface area (Å²) in [6.45, 7) is 14.3. The van der Waals surface area contributed by atoms with Crippen molar-refractivity contribution < 1.29 is 22.0 Å². The molecule has 2 aromatic carbocycles. The maximum Gasteiger partial charge on any atom is 0.416 e. The zero-order valence-electron chi connectivity index (χ0n) is 24.9. The molecule has 3 aromatic rings. The molecule has 230 valence electrons. The summed E-state index contributed by atoms with van der Waals surface area (Å²) in [4.78, 5) is 4.41. The Kier molecular flexibility index (Phi) is 9.59. The van der Waals surface area contributed by atoms with Gasteiger partial charge in [0.05, 0.1) is 17.3 Å². The number of rotatable bonds is 7. The van der Waals surface area contributed by atoms with Gasteiger partial charge in [-0.25, -0.2) is 14.2 Å². The van der Waals surface area contributed by atoms with Crippen LogP contribution < -0.4 is 16.2 Å². The van der Waals surface area contributed by atoms with E-state index in [0.717, 1.165) is 29.5 Å². The third kappa shape index (κ3) is 6.84. The zero-order chi connectivity index (χ0) is 32.2. The molecule has 1 unspecified atom stereocenters. The third-order valence-corrected chi connectivity index (χ3v) is 7.90. The van der Waals surface area contributed by atoms with E-state index in [-0.39, 0.29) is 40.1 Å². The number of aromatic nitrogens is 1. The molecule has 1 aliphatic heterocycles. The highest BCUT2D eigenvalue weighted by Gasteiger charge is 2.36. The van der Waals surface area contributed by atoms with Gasteiger partial charge in [-0.2, -0.15) is 18.4 Å². The van der Waals surface area contributed by atoms with E-state index in [0.29, 0.717) is 37.1 Å². The van der Waals surface area contributed by atoms with Gasteiger partial charge in [0.2, 0.25) is 0 Å². The first-order valence-electron chi connectivity index (χ1n) is 14.2. The van der Waals surface area contributed by atoms with Gasteiger partial charge in [-0.05, 0) is 74.1 Å². The number of pyridine rings is 1. The van der Waals surface area contributed by atoms with Crippen molar-refractivity contribution in [2.24, 2.45) is 5.41 Å². The number of halogens is 5. The van der Waals surface area contributed by atoms with E-state index in [2.05, 4.69) is 40.4 Å². The Hall–Kier alpha value is -4.49. The number of alkyl halides is 3. The molecule has 10 heteroatoms. The van der Waals surface area contributed by atoms with Crippen molar-refractivity contribution >= 4 is 5.69 Å². The lowest BCUT2D eigenvalue weighted by molar-refractivity contribution is -0.137. The molecule has 0 fully saturated rings. The van der Waals surface area contributed by atoms with Gasteiger partial charge in [0.15, 0.2) is 11.6 Å². The molecule has 1 atom stereocenters. The molecule has 0 bridgehead atoms. The highest BCUT2D eigenvalue weighted by molar-refractivity contribution is 5.82. The standard InChI is InChI=1S/C34H34F5N5/c1-6-25-15-20(2)27(19-41-25)26-16-24(34(37,38)39)11-12-30(26)43-21(3)31-22(4)44-42-14-8-13-33(5,28(31)18-40)17-23-9-7-10-29(35)32(23)36/h7,9-12,15-16,19,42-44H,3-4,6,8,13-14,17H2,1-2,5H3. The van der Waals surface area contributed by atoms with Crippen LogP contribution in [0.15, 0.2) is 84.4 Å². The number of anilines is 1. The Morgan fingerprint density at radius 3 is 2.57 bits per heavy atom. The summed E-state index contributed by atoms with van der Waals surface area (Å²) in [6.07, 6.45) is -1.32. The SMILES string of the molecule is C=C1NNCCCC(C)(Cc2cccc(F)c2F)C(C#N)=C1C(=C)Nc1ccc(C(F)(F)F)cc1-c1cnc(CC)cc1C. The Balaban J connectivity index is 1.86. The summed E-state index contributed by atoms with van der Waals surface area (Å²) >= 11 is 0. The quantitative estimate of drug-likeness (QED) is 0.236. The average Bonchev–Trinajstić information content (AvgIpc) is 3.02. The fourth-order valence-electron chi connectivity index (χ4n) is 5.55. The van der Waals surface area contributed by atoms with Crippen molar-refractivity contribution in [2.45, 2.75) is 52.6 Å². The minimum atomic E-state index is -4.58. The van der Waals surface area contributed by atoms with Crippen LogP contribution in [0.3, 0.4) is 0 Å². The second-order valence-corrected chi connectivity index (χ2v) is 11.2. The number of benzene rings is 2. The number of aryl methyl sites for hydroxylation is 2. The predicted octanol–water partition coefficient (Wildman–Crippen LogP) is 8.31. The Morgan fingerprint density at radius 1 is 1.16 bits per heavy atom. The Labute approximate surface area is 254 Å². The smallest absolute Gasteiger partial charge is 0.355 e. The van der Waals surface area contributed by atoms with Gasteiger partial charge in [0.25, 0.3) is 0 Å². The van der Waals surface area contributed by atoms with Crippen molar-refractivity contribution in [2.75, 3.05) is 11.9 Å². The Bertz CT molecular complexity index is 1670. The van der Waals surface area contributed by atoms with E-state index < -0.39 is 28.8 Å². The van der Waals surface area contributed by atoms with E-state index in [1.807, 2.05) is 13.0 Å². The predicted molar refractivity (Wildman–Crippen MR) is 162 cm³/mol. The van der Waals surface area contributed by atoms with E-state index in [9.17, 15) is 27.2 Å². The molecule has 5 nitrogen and oxygen atoms in total. The van der Waals surface area contributed by atoms with Crippen LogP contribution in [-0.4, -0.2) is 11.5 Å². The second kappa shape index (κ2) is 13.0. The molecule has 1 aromatic heterocycles. The van der Waals surface area contributed by atoms with E-state index >= 15 is 0 Å². The molecule has 0 amide bonds. The van der Waals surface area contributed by atoms with Gasteiger partial charge in [-0.1, -0.05) is 39.1 Å². The molecule has 1 aliphatic rings. The average molecular weight is 608 g/mol. The number of nitrogens with one attached hydrogen (secondary N) is 3. The van der Waals surface area contributed by atoms with Crippen LogP contribution in [0.4, 0.5) is 27.6 Å². The van der Waals surface area contributed by atoms with Crippen molar-refractivity contribution in [1.29, 1.82) is 5.26 Å². The van der Waals surface area contributed by atoms with E-state index in [1.54, 1.807) is 20.0 Å². The van der Waals surface area contributed by atoms with Crippen molar-refractivity contribution in [3.05, 3.63) is 118 Å². The molecule has 2 heterocycles. The molecule has 3 N–H and O–H groups in total. The van der Waals surface area contributed by atoms with Gasteiger partial charge in [0.1, 0.15) is 0 Å². The molecule has 0 radical (unpaired) electrons. The molecule has 44 heavy (non-hydrogen) atoms. The van der Waals surface area contributed by atoms with Crippen LogP contribution in [0.2, 0.25) is 0 Å². The summed E-state index contributed by atoms with van der Waals surface area (Å²) in [6, 6.07) is 11.4. The summed E-state index contributed by atoms with van der Waals surface area (Å²) in [5.41, 5.74) is 7.90. The summed E-state index contributed by atoms with van der Waals surface area (Å²) in [5, 5.41) is 13.7. The second-order valence-electron chi connectivity index (χ2n) is 11.2. The van der Waals surface area contributed by atoms with E-state index in [4.69, 9.17) is 0 Å². The lowest BCUT2D eigenvalue weighted by atomic mass is 9.71. The normalized spacial score (nSPS) is 17.7. The number of allylic oxidation sites excluding steroid dienone is 1. The fourth-order valence-corrected chi connectivity index (χ4v) is 5.55. The van der Waals surface area contributed by atoms with Crippen molar-refractivity contribution in [3.8, 4) is 17.2 Å². The highest BCUT2D eigenvalue weighted by Crippen LogP contribution is 2.43. The highest BCUT2D eigenvalue weighted by atomic mass is 19.4. The third-order valence-electron chi connectivity index (χ3n) is 7.90. The van der Waals surface area contributed by atoms with Gasteiger partial charge >= 0.3 is 6.18 Å². The van der Waals surface area contributed by atoms with Gasteiger partial charge in [-0.3, -0.25) is 4.98 Å². The molecular weight excluding hydrogens is 573 g/mol. The minimum absolute atomic E-state index is 0.0176. The lowest BCUT2D eigenvalue weighted by Crippen LogP contribution is -2.32. The van der Waals surface area contributed by atoms with Gasteiger partial charge in [0, 0.05) is 57.5 Å². The molecule has 0 saturated heterocycles. The number of hydrazine groups is 1. The molecule has 0 saturated carbocycles. The monoisotopic (exact) mass is 607 g/mol. The van der Waals surface area contributed by atoms with Crippen LogP contribution in [0.25, 0.3) is 11.1 Å². The largest absolute Gasteiger partial charge is 0.416 e. The van der Waals surface area contributed by atoms with Crippen LogP contribution in [0.5, 0.6) is 0 Å². The molecular formula is C34H34F5N5. The lowest BCUT2D eigenvalue weighted by Gasteiger charge is -2.32. The fraction of sp³-hybridized carbons (Fsp3) is 0.294. The first kappa shape index (κ1) is 32.4. The Morgan fingerprint density at radius 2 is 1.91 bits per heavy atom. The number of hydrogen-bond acceptors (Lipinski definition) is 5. The first-order chi connectivity index (χ1) is 20.8. The maximum atomic E-state index is 14.8. The van der Waals surface area contributed by atoms with Crippen LogP contribution in [0.1, 0.15) is 49.1 Å². The molecule has 0 aliphatic carbocycles. The molecule has 4 rings (SSSR count). The zero-order valence-corrected chi connectivity index (χ0v) is 24.9. The number of nitrogens with zero attached hydrogens (tertiary/aromatic N) is 2. The molecule has 0 spiro atoms. The van der Waals surface area contributed by atoms with E-state index in [1.165, 1.54) is 18.2 Å². The number of nitriles is 1. The summed E-state index contributed by atoms with van der Waals surface area (Å²) < 4.78 is 70.3. The van der Waals surface area contributed by atoms with Crippen molar-refractivity contribution in [1.82, 2.24) is 15.8 Å². The minimum Gasteiger partial charge on any atom is -0.355 e. The van der Waals surface area contributed by atoms with Crippen LogP contribution in [-0.2, 0) is 19.0 Å². The van der Waals surface area contributed by atoms with Crippen LogP contribution >= 0.6 is 0 Å². The summed E-state index contributed by atoms with van der Waals surface area (Å²) in [7, 11) is 0. The topological polar surface area (TPSA) is 72.8 Å². The first-order valence-corrected chi connectivity index (χ1v) is 14.2. The van der Waals surface area contributed by atoms with Crippen LogP contribution in [0, 0.1) is 35.3 Å². The maximum absolute atomic E-state index is 14.8. The summed E-state index contributed by atoms with van der Waals surface area (Å²) in [5.74, 6) is -1.96. The van der Waals surface area contributed by atoms with Gasteiger partial charge in [-0.15, -0.1) is 0 Å². The number of hydrogen-bond donors (Lipinski definition) is 3. The van der Waals surface area contributed by atoms with Gasteiger partial charge < -0.3 is 10.7 Å². The van der Waals surface area contributed by atoms with Crippen molar-refractivity contribution in [3.63, 3.8) is 0 Å².